The van der Waals surface area contributed by atoms with Crippen molar-refractivity contribution in [1.82, 2.24) is 20.4 Å². The number of aliphatic hydroxyl groups excluding tert-OH is 1. The molecule has 0 spiro atoms. The molecule has 2 aromatic carbocycles. The highest BCUT2D eigenvalue weighted by atomic mass is 16.5. The maximum absolute atomic E-state index is 13.0. The average molecular weight is 523 g/mol. The zero-order valence-corrected chi connectivity index (χ0v) is 21.8. The molecule has 0 aliphatic heterocycles. The number of carbonyl (C=O) groups excluding carboxylic acids is 3. The third-order valence-electron chi connectivity index (χ3n) is 5.96. The number of aromatic nitrogens is 2. The number of benzene rings is 2. The Hall–Kier alpha value is -4.02. The van der Waals surface area contributed by atoms with Gasteiger partial charge in [-0.2, -0.15) is 5.10 Å². The van der Waals surface area contributed by atoms with Crippen molar-refractivity contribution in [1.29, 1.82) is 0 Å². The van der Waals surface area contributed by atoms with Gasteiger partial charge in [-0.25, -0.2) is 4.79 Å². The predicted molar refractivity (Wildman–Crippen MR) is 142 cm³/mol. The van der Waals surface area contributed by atoms with Gasteiger partial charge in [0.05, 0.1) is 13.2 Å². The summed E-state index contributed by atoms with van der Waals surface area (Å²) < 4.78 is 9.91. The molecule has 202 valence electrons. The smallest absolute Gasteiger partial charge is 0.335 e. The molecule has 2 amide bonds. The van der Waals surface area contributed by atoms with E-state index in [4.69, 9.17) is 9.47 Å². The molecule has 0 bridgehead atoms. The fourth-order valence-electron chi connectivity index (χ4n) is 3.89. The molecule has 2 unspecified atom stereocenters. The van der Waals surface area contributed by atoms with Gasteiger partial charge in [0.25, 0.3) is 11.8 Å². The summed E-state index contributed by atoms with van der Waals surface area (Å²) in [6.45, 7) is 2.55. The maximum atomic E-state index is 13.0. The van der Waals surface area contributed by atoms with Crippen molar-refractivity contribution in [2.45, 2.75) is 31.9 Å². The van der Waals surface area contributed by atoms with E-state index < -0.39 is 24.0 Å². The van der Waals surface area contributed by atoms with Crippen molar-refractivity contribution in [3.05, 3.63) is 77.6 Å². The Bertz CT molecular complexity index is 1200. The number of aliphatic hydroxyl groups is 1. The maximum Gasteiger partial charge on any atom is 0.335 e. The van der Waals surface area contributed by atoms with Gasteiger partial charge in [0.2, 0.25) is 0 Å². The van der Waals surface area contributed by atoms with Crippen molar-refractivity contribution >= 4 is 17.8 Å². The summed E-state index contributed by atoms with van der Waals surface area (Å²) in [4.78, 5) is 39.1. The number of amides is 2. The lowest BCUT2D eigenvalue weighted by atomic mass is 9.97. The van der Waals surface area contributed by atoms with Crippen LogP contribution in [-0.2, 0) is 20.7 Å². The highest BCUT2D eigenvalue weighted by Crippen LogP contribution is 2.20. The second-order valence-corrected chi connectivity index (χ2v) is 8.83. The highest BCUT2D eigenvalue weighted by molar-refractivity contribution is 5.97. The topological polar surface area (TPSA) is 134 Å². The summed E-state index contributed by atoms with van der Waals surface area (Å²) in [6, 6.07) is 18.6. The lowest BCUT2D eigenvalue weighted by Gasteiger charge is -2.21. The molecule has 10 heteroatoms. The number of esters is 1. The van der Waals surface area contributed by atoms with Crippen molar-refractivity contribution in [3.63, 3.8) is 0 Å². The number of ether oxygens (including phenoxy) is 2. The number of hydrogen-bond donors (Lipinski definition) is 3. The van der Waals surface area contributed by atoms with Crippen molar-refractivity contribution in [3.8, 4) is 11.1 Å². The Morgan fingerprint density at radius 3 is 2.42 bits per heavy atom. The molecule has 38 heavy (non-hydrogen) atoms. The predicted octanol–water partition coefficient (Wildman–Crippen LogP) is 2.45. The van der Waals surface area contributed by atoms with Crippen LogP contribution in [-0.4, -0.2) is 84.0 Å². The van der Waals surface area contributed by atoms with Crippen molar-refractivity contribution in [2.75, 3.05) is 33.9 Å². The van der Waals surface area contributed by atoms with E-state index in [1.165, 1.54) is 11.0 Å². The second kappa shape index (κ2) is 14.1. The van der Waals surface area contributed by atoms with E-state index in [2.05, 4.69) is 15.5 Å². The molecule has 0 saturated carbocycles. The number of nitrogens with zero attached hydrogens (tertiary/aromatic N) is 2. The summed E-state index contributed by atoms with van der Waals surface area (Å²) >= 11 is 0. The molecule has 0 aliphatic rings. The van der Waals surface area contributed by atoms with Crippen LogP contribution < -0.4 is 5.32 Å². The van der Waals surface area contributed by atoms with Gasteiger partial charge in [-0.3, -0.25) is 14.7 Å². The fourth-order valence-corrected chi connectivity index (χ4v) is 3.89. The van der Waals surface area contributed by atoms with E-state index >= 15 is 0 Å². The van der Waals surface area contributed by atoms with Gasteiger partial charge in [-0.15, -0.1) is 0 Å². The number of rotatable bonds is 13. The number of carbonyl (C=O) groups is 3. The minimum absolute atomic E-state index is 0.0172. The van der Waals surface area contributed by atoms with E-state index in [9.17, 15) is 19.5 Å². The minimum atomic E-state index is -1.41. The zero-order valence-electron chi connectivity index (χ0n) is 21.8. The SMILES string of the molecule is CCOC(=O)C(O)CC(Cc1ccc(-c2ccccc2)cc1)NC(=O)c1cc(C(=O)N(C)CCOC)[nH]n1. The first-order valence-corrected chi connectivity index (χ1v) is 12.4. The average Bonchev–Trinajstić information content (AvgIpc) is 3.43. The number of aromatic amines is 1. The molecule has 0 radical (unpaired) electrons. The van der Waals surface area contributed by atoms with Crippen molar-refractivity contribution in [2.24, 2.45) is 0 Å². The van der Waals surface area contributed by atoms with Crippen LogP contribution in [0.2, 0.25) is 0 Å². The van der Waals surface area contributed by atoms with Crippen LogP contribution >= 0.6 is 0 Å². The van der Waals surface area contributed by atoms with Crippen LogP contribution in [0.1, 0.15) is 39.9 Å². The normalized spacial score (nSPS) is 12.4. The molecule has 0 aliphatic carbocycles. The first-order valence-electron chi connectivity index (χ1n) is 12.4. The largest absolute Gasteiger partial charge is 0.464 e. The summed E-state index contributed by atoms with van der Waals surface area (Å²) in [5.41, 5.74) is 3.21. The van der Waals surface area contributed by atoms with Gasteiger partial charge < -0.3 is 24.8 Å². The number of likely N-dealkylation sites (N-methyl/N-ethyl adjacent to an activating group) is 1. The Balaban J connectivity index is 1.72. The molecule has 1 heterocycles. The molecule has 1 aromatic heterocycles. The van der Waals surface area contributed by atoms with Crippen molar-refractivity contribution < 1.29 is 29.0 Å². The summed E-state index contributed by atoms with van der Waals surface area (Å²) in [5.74, 6) is -1.62. The van der Waals surface area contributed by atoms with E-state index in [-0.39, 0.29) is 30.3 Å². The van der Waals surface area contributed by atoms with Gasteiger partial charge in [-0.05, 0) is 30.0 Å². The number of methoxy groups -OCH3 is 1. The van der Waals surface area contributed by atoms with Gasteiger partial charge in [-0.1, -0.05) is 54.6 Å². The fraction of sp³-hybridized carbons (Fsp3) is 0.357. The van der Waals surface area contributed by atoms with Gasteiger partial charge >= 0.3 is 5.97 Å². The first-order chi connectivity index (χ1) is 18.3. The van der Waals surface area contributed by atoms with Gasteiger partial charge in [0.15, 0.2) is 11.8 Å². The van der Waals surface area contributed by atoms with E-state index in [0.29, 0.717) is 19.6 Å². The molecular weight excluding hydrogens is 488 g/mol. The van der Waals surface area contributed by atoms with Crippen LogP contribution in [0, 0.1) is 0 Å². The molecule has 3 N–H and O–H groups in total. The molecule has 3 rings (SSSR count). The standard InChI is InChI=1S/C28H34N4O6/c1-4-38-28(36)25(33)17-22(16-19-10-12-21(13-11-19)20-8-6-5-7-9-20)29-26(34)23-18-24(31-30-23)27(35)32(2)14-15-37-3/h5-13,18,22,25,33H,4,14-17H2,1-3H3,(H,29,34)(H,30,31). The van der Waals surface area contributed by atoms with Crippen LogP contribution in [0.25, 0.3) is 11.1 Å². The summed E-state index contributed by atoms with van der Waals surface area (Å²) in [7, 11) is 3.17. The number of H-pyrrole nitrogens is 1. The lowest BCUT2D eigenvalue weighted by Crippen LogP contribution is -2.41. The quantitative estimate of drug-likeness (QED) is 0.294. The van der Waals surface area contributed by atoms with Gasteiger partial charge in [0.1, 0.15) is 5.69 Å². The zero-order chi connectivity index (χ0) is 27.5. The molecule has 10 nitrogen and oxygen atoms in total. The minimum Gasteiger partial charge on any atom is -0.464 e. The van der Waals surface area contributed by atoms with Crippen LogP contribution in [0.15, 0.2) is 60.7 Å². The van der Waals surface area contributed by atoms with Crippen LogP contribution in [0.4, 0.5) is 0 Å². The Labute approximate surface area is 222 Å². The third kappa shape index (κ3) is 7.99. The summed E-state index contributed by atoms with van der Waals surface area (Å²) in [5, 5.41) is 19.8. The van der Waals surface area contributed by atoms with E-state index in [1.54, 1.807) is 21.1 Å². The molecule has 0 saturated heterocycles. The lowest BCUT2D eigenvalue weighted by molar-refractivity contribution is -0.153. The van der Waals surface area contributed by atoms with E-state index in [1.807, 2.05) is 54.6 Å². The van der Waals surface area contributed by atoms with Crippen LogP contribution in [0.5, 0.6) is 0 Å². The van der Waals surface area contributed by atoms with Crippen LogP contribution in [0.3, 0.4) is 0 Å². The second-order valence-electron chi connectivity index (χ2n) is 8.83. The monoisotopic (exact) mass is 522 g/mol. The first kappa shape index (κ1) is 28.5. The number of nitrogens with one attached hydrogen (secondary N) is 2. The Morgan fingerprint density at radius 2 is 1.76 bits per heavy atom. The molecule has 0 fully saturated rings. The molecular formula is C28H34N4O6. The highest BCUT2D eigenvalue weighted by Gasteiger charge is 2.25. The Kier molecular flexibility index (Phi) is 10.6. The number of hydrogen-bond acceptors (Lipinski definition) is 7. The van der Waals surface area contributed by atoms with E-state index in [0.717, 1.165) is 16.7 Å². The van der Waals surface area contributed by atoms with Gasteiger partial charge in [0, 0.05) is 39.2 Å². The molecule has 2 atom stereocenters. The molecule has 3 aromatic rings. The Morgan fingerprint density at radius 1 is 1.08 bits per heavy atom. The summed E-state index contributed by atoms with van der Waals surface area (Å²) in [6.07, 6.45) is -1.11. The third-order valence-corrected chi connectivity index (χ3v) is 5.96.